The Morgan fingerprint density at radius 1 is 1.04 bits per heavy atom. The summed E-state index contributed by atoms with van der Waals surface area (Å²) in [6.45, 7) is 12.0. The van der Waals surface area contributed by atoms with E-state index in [1.807, 2.05) is 0 Å². The minimum absolute atomic E-state index is 0. The number of hydrogen-bond donors (Lipinski definition) is 0. The van der Waals surface area contributed by atoms with Gasteiger partial charge in [-0.25, -0.2) is 0 Å². The van der Waals surface area contributed by atoms with Crippen LogP contribution >= 0.6 is 0 Å². The van der Waals surface area contributed by atoms with Gasteiger partial charge in [0.1, 0.15) is 0 Å². The Bertz CT molecular complexity index is 754. The predicted molar refractivity (Wildman–Crippen MR) is 104 cm³/mol. The van der Waals surface area contributed by atoms with Crippen molar-refractivity contribution in [2.75, 3.05) is 0 Å². The molecule has 1 aliphatic rings. The van der Waals surface area contributed by atoms with E-state index >= 15 is 0 Å². The molecule has 0 amide bonds. The fourth-order valence-electron chi connectivity index (χ4n) is 3.52. The Kier molecular flexibility index (Phi) is 9.57. The molecule has 2 aromatic rings. The number of allylic oxidation sites excluding steroid dienone is 1. The molecule has 1 aliphatic carbocycles. The molecule has 1 radical (unpaired) electrons. The molecule has 2 aromatic carbocycles. The molecule has 0 spiro atoms. The zero-order valence-electron chi connectivity index (χ0n) is 16.2. The Morgan fingerprint density at radius 2 is 1.69 bits per heavy atom. The molecule has 0 saturated carbocycles. The molecule has 137 valence electrons. The molecule has 0 bridgehead atoms. The number of halogens is 2. The SMILES string of the molecule is CCC1=Cc2c(-c3ccccc3)cc(C(C)C)cc2[CH]1[Zr+2][Si](C)C.[Cl-].[Cl-]. The second kappa shape index (κ2) is 10.4. The smallest absolute Gasteiger partial charge is 1.00 e. The molecule has 0 N–H and O–H groups in total. The van der Waals surface area contributed by atoms with Gasteiger partial charge in [-0.3, -0.25) is 0 Å². The van der Waals surface area contributed by atoms with Crippen molar-refractivity contribution in [3.8, 4) is 11.1 Å². The van der Waals surface area contributed by atoms with Crippen LogP contribution in [0.4, 0.5) is 0 Å². The van der Waals surface area contributed by atoms with Gasteiger partial charge >= 0.3 is 160 Å². The molecule has 1 unspecified atom stereocenters. The summed E-state index contributed by atoms with van der Waals surface area (Å²) in [6, 6.07) is 16.0. The van der Waals surface area contributed by atoms with E-state index in [9.17, 15) is 0 Å². The molecule has 0 heterocycles. The molecule has 4 heteroatoms. The van der Waals surface area contributed by atoms with E-state index in [1.54, 1.807) is 11.1 Å². The largest absolute Gasteiger partial charge is 1.00 e. The van der Waals surface area contributed by atoms with Gasteiger partial charge < -0.3 is 24.8 Å². The van der Waals surface area contributed by atoms with Gasteiger partial charge in [-0.1, -0.05) is 0 Å². The first-order chi connectivity index (χ1) is 11.5. The first-order valence-corrected chi connectivity index (χ1v) is 16.6. The number of fused-ring (bicyclic) bond motifs is 1. The van der Waals surface area contributed by atoms with Crippen molar-refractivity contribution in [1.29, 1.82) is 0 Å². The van der Waals surface area contributed by atoms with Gasteiger partial charge in [0, 0.05) is 0 Å². The van der Waals surface area contributed by atoms with Crippen LogP contribution < -0.4 is 24.8 Å². The summed E-state index contributed by atoms with van der Waals surface area (Å²) in [4.78, 5) is 0. The maximum atomic E-state index is 2.54. The number of hydrogen-bond acceptors (Lipinski definition) is 0. The topological polar surface area (TPSA) is 0 Å². The summed E-state index contributed by atoms with van der Waals surface area (Å²) in [6.07, 6.45) is 3.75. The normalized spacial score (nSPS) is 15.0. The van der Waals surface area contributed by atoms with Crippen LogP contribution in [0.15, 0.2) is 48.0 Å². The van der Waals surface area contributed by atoms with Crippen LogP contribution in [0.1, 0.15) is 53.4 Å². The minimum atomic E-state index is -0.361. The van der Waals surface area contributed by atoms with Crippen LogP contribution in [0.3, 0.4) is 0 Å². The van der Waals surface area contributed by atoms with Crippen molar-refractivity contribution in [1.82, 2.24) is 0 Å². The quantitative estimate of drug-likeness (QED) is 0.551. The molecule has 1 atom stereocenters. The average molecular weight is 482 g/mol. The van der Waals surface area contributed by atoms with Crippen molar-refractivity contribution >= 4 is 12.0 Å². The summed E-state index contributed by atoms with van der Waals surface area (Å²) in [5.41, 5.74) is 9.22. The van der Waals surface area contributed by atoms with Crippen molar-refractivity contribution < 1.29 is 47.2 Å². The maximum absolute atomic E-state index is 2.54. The summed E-state index contributed by atoms with van der Waals surface area (Å²) < 4.78 is 0.818. The Morgan fingerprint density at radius 3 is 2.23 bits per heavy atom. The third-order valence-electron chi connectivity index (χ3n) is 4.84. The van der Waals surface area contributed by atoms with Gasteiger partial charge in [0.25, 0.3) is 0 Å². The van der Waals surface area contributed by atoms with Crippen LogP contribution in [0.2, 0.25) is 13.1 Å². The molecule has 0 aromatic heterocycles. The van der Waals surface area contributed by atoms with E-state index in [2.05, 4.69) is 82.4 Å². The van der Waals surface area contributed by atoms with E-state index in [4.69, 9.17) is 0 Å². The fourth-order valence-corrected chi connectivity index (χ4v) is 12.5. The van der Waals surface area contributed by atoms with E-state index < -0.39 is 0 Å². The van der Waals surface area contributed by atoms with Gasteiger partial charge in [0.2, 0.25) is 0 Å². The number of benzene rings is 2. The van der Waals surface area contributed by atoms with E-state index in [0.717, 1.165) is 3.63 Å². The monoisotopic (exact) mass is 479 g/mol. The molecular formula is C22H27Cl2SiZr. The molecule has 0 nitrogen and oxygen atoms in total. The van der Waals surface area contributed by atoms with Crippen molar-refractivity contribution in [2.45, 2.75) is 49.8 Å². The summed E-state index contributed by atoms with van der Waals surface area (Å²) in [5.74, 6) is 0.504. The predicted octanol–water partition coefficient (Wildman–Crippen LogP) is 0.667. The zero-order chi connectivity index (χ0) is 17.3. The molecular weight excluding hydrogens is 454 g/mol. The number of rotatable bonds is 5. The second-order valence-corrected chi connectivity index (χ2v) is 20.5. The first kappa shape index (κ1) is 23.9. The Balaban J connectivity index is 0.00000169. The van der Waals surface area contributed by atoms with E-state index in [1.165, 1.54) is 28.7 Å². The average Bonchev–Trinajstić information content (AvgIpc) is 2.92. The Hall–Kier alpha value is -0.140. The molecule has 0 saturated heterocycles. The Labute approximate surface area is 183 Å². The molecule has 26 heavy (non-hydrogen) atoms. The summed E-state index contributed by atoms with van der Waals surface area (Å²) in [7, 11) is 0. The molecule has 0 fully saturated rings. The van der Waals surface area contributed by atoms with Gasteiger partial charge in [0.05, 0.1) is 0 Å². The van der Waals surface area contributed by atoms with Crippen molar-refractivity contribution in [3.05, 3.63) is 64.7 Å². The third kappa shape index (κ3) is 5.02. The minimum Gasteiger partial charge on any atom is -1.00 e. The van der Waals surface area contributed by atoms with Crippen LogP contribution in [0.25, 0.3) is 17.2 Å². The van der Waals surface area contributed by atoms with Crippen LogP contribution in [-0.4, -0.2) is 5.92 Å². The summed E-state index contributed by atoms with van der Waals surface area (Å²) >= 11 is -0.361. The second-order valence-electron chi connectivity index (χ2n) is 7.24. The van der Waals surface area contributed by atoms with Gasteiger partial charge in [-0.05, 0) is 0 Å². The van der Waals surface area contributed by atoms with Crippen molar-refractivity contribution in [2.24, 2.45) is 0 Å². The van der Waals surface area contributed by atoms with E-state index in [0.29, 0.717) is 5.92 Å². The first-order valence-electron chi connectivity index (χ1n) is 9.01. The zero-order valence-corrected chi connectivity index (χ0v) is 21.2. The van der Waals surface area contributed by atoms with E-state index in [-0.39, 0.29) is 53.1 Å². The fraction of sp³-hybridized carbons (Fsp3) is 0.364. The molecule has 3 rings (SSSR count). The third-order valence-corrected chi connectivity index (χ3v) is 13.8. The van der Waals surface area contributed by atoms with Crippen LogP contribution in [0.5, 0.6) is 0 Å². The van der Waals surface area contributed by atoms with Gasteiger partial charge in [-0.15, -0.1) is 0 Å². The van der Waals surface area contributed by atoms with Crippen molar-refractivity contribution in [3.63, 3.8) is 0 Å². The standard InChI is InChI=1S/C20H21.C2H6Si.2ClH.Zr/c1-4-15-10-18-12-17(14(2)3)13-20(19(18)11-15)16-8-6-5-7-9-16;1-3-2;;;/h5-14H,4H2,1-3H3;1-2H3;2*1H;/q;;;;+2/p-2. The summed E-state index contributed by atoms with van der Waals surface area (Å²) in [5, 5.41) is 0. The van der Waals surface area contributed by atoms with Crippen LogP contribution in [0, 0.1) is 0 Å². The molecule has 0 aliphatic heterocycles. The van der Waals surface area contributed by atoms with Crippen LogP contribution in [-0.2, 0) is 22.4 Å². The van der Waals surface area contributed by atoms with Gasteiger partial charge in [0.15, 0.2) is 0 Å². The maximum Gasteiger partial charge on any atom is -1.00 e. The van der Waals surface area contributed by atoms with Gasteiger partial charge in [-0.2, -0.15) is 0 Å².